The van der Waals surface area contributed by atoms with Gasteiger partial charge >= 0.3 is 0 Å². The molecule has 1 saturated heterocycles. The van der Waals surface area contributed by atoms with Crippen LogP contribution in [0.4, 0.5) is 9.39 Å². The molecule has 0 aliphatic carbocycles. The monoisotopic (exact) mass is 570 g/mol. The number of carbonyl (C=O) groups is 2. The number of rotatable bonds is 8. The standard InChI is InChI=1S/C23H27FN4O6S3/c1-13(2)8-17-9-18(29)19(23(30)28(17)11-14-4-6-16(24)7-5-14)21-26-22-20(37(33,34)27-21)15(12-35-22)10-25-36(3,31)32/h4-7,12-13,17,19,25H,8-11H2,1-3H3,(H,26,27). The van der Waals surface area contributed by atoms with E-state index >= 15 is 0 Å². The fourth-order valence-corrected chi connectivity index (χ4v) is 7.55. The molecule has 0 spiro atoms. The maximum absolute atomic E-state index is 13.7. The third-order valence-electron chi connectivity index (χ3n) is 6.07. The first kappa shape index (κ1) is 27.4. The molecule has 1 fully saturated rings. The van der Waals surface area contributed by atoms with Crippen LogP contribution in [0.5, 0.6) is 0 Å². The van der Waals surface area contributed by atoms with E-state index in [9.17, 15) is 30.8 Å². The van der Waals surface area contributed by atoms with Crippen LogP contribution in [-0.4, -0.2) is 51.6 Å². The number of nitrogens with one attached hydrogen (secondary N) is 2. The first-order chi connectivity index (χ1) is 17.2. The largest absolute Gasteiger partial charge is 0.334 e. The Balaban J connectivity index is 1.65. The SMILES string of the molecule is CC(C)CC1CC(=O)C(C2=NS(=O)(=O)c3c(CNS(C)(=O)=O)csc3N2)C(=O)N1Cc1ccc(F)cc1. The van der Waals surface area contributed by atoms with Gasteiger partial charge in [-0.3, -0.25) is 9.59 Å². The van der Waals surface area contributed by atoms with Crippen molar-refractivity contribution in [2.24, 2.45) is 16.2 Å². The van der Waals surface area contributed by atoms with Crippen molar-refractivity contribution in [2.75, 3.05) is 11.6 Å². The minimum Gasteiger partial charge on any atom is -0.334 e. The number of hydrogen-bond donors (Lipinski definition) is 2. The summed E-state index contributed by atoms with van der Waals surface area (Å²) >= 11 is 1.01. The van der Waals surface area contributed by atoms with Crippen molar-refractivity contribution in [3.63, 3.8) is 0 Å². The van der Waals surface area contributed by atoms with Crippen LogP contribution < -0.4 is 10.0 Å². The minimum absolute atomic E-state index is 0.0252. The van der Waals surface area contributed by atoms with E-state index in [1.165, 1.54) is 17.5 Å². The zero-order chi connectivity index (χ0) is 27.1. The highest BCUT2D eigenvalue weighted by atomic mass is 32.2. The second-order valence-electron chi connectivity index (χ2n) is 9.57. The van der Waals surface area contributed by atoms with Crippen LogP contribution in [0.2, 0.25) is 0 Å². The zero-order valence-corrected chi connectivity index (χ0v) is 22.8. The average molecular weight is 571 g/mol. The maximum atomic E-state index is 13.7. The van der Waals surface area contributed by atoms with E-state index in [0.717, 1.165) is 17.6 Å². The molecule has 14 heteroatoms. The highest BCUT2D eigenvalue weighted by Crippen LogP contribution is 2.38. The Bertz CT molecular complexity index is 1470. The summed E-state index contributed by atoms with van der Waals surface area (Å²) in [4.78, 5) is 28.2. The van der Waals surface area contributed by atoms with Gasteiger partial charge in [-0.05, 0) is 35.4 Å². The molecule has 2 aromatic rings. The summed E-state index contributed by atoms with van der Waals surface area (Å²) in [6, 6.07) is 5.31. The number of anilines is 1. The highest BCUT2D eigenvalue weighted by molar-refractivity contribution is 7.91. The molecule has 1 aromatic carbocycles. The lowest BCUT2D eigenvalue weighted by Gasteiger charge is -2.40. The maximum Gasteiger partial charge on any atom is 0.287 e. The van der Waals surface area contributed by atoms with Crippen LogP contribution in [0, 0.1) is 17.7 Å². The smallest absolute Gasteiger partial charge is 0.287 e. The topological polar surface area (TPSA) is 142 Å². The van der Waals surface area contributed by atoms with Gasteiger partial charge in [-0.2, -0.15) is 8.42 Å². The number of nitrogens with zero attached hydrogens (tertiary/aromatic N) is 2. The van der Waals surface area contributed by atoms with E-state index in [1.807, 2.05) is 13.8 Å². The molecule has 1 aromatic heterocycles. The normalized spacial score (nSPS) is 21.5. The fraction of sp³-hybridized carbons (Fsp3) is 0.435. The Morgan fingerprint density at radius 2 is 1.92 bits per heavy atom. The van der Waals surface area contributed by atoms with Gasteiger partial charge in [-0.1, -0.05) is 26.0 Å². The molecule has 2 atom stereocenters. The molecule has 10 nitrogen and oxygen atoms in total. The highest BCUT2D eigenvalue weighted by Gasteiger charge is 2.46. The van der Waals surface area contributed by atoms with E-state index in [1.54, 1.807) is 17.0 Å². The number of fused-ring (bicyclic) bond motifs is 1. The number of hydrogen-bond acceptors (Lipinski definition) is 8. The van der Waals surface area contributed by atoms with E-state index < -0.39 is 49.5 Å². The van der Waals surface area contributed by atoms with Gasteiger partial charge in [0.05, 0.1) is 6.26 Å². The molecule has 2 unspecified atom stereocenters. The number of likely N-dealkylation sites (tertiary alicyclic amines) is 1. The van der Waals surface area contributed by atoms with Gasteiger partial charge in [0.25, 0.3) is 10.0 Å². The van der Waals surface area contributed by atoms with Crippen molar-refractivity contribution in [3.8, 4) is 0 Å². The Morgan fingerprint density at radius 3 is 2.54 bits per heavy atom. The number of sulfonamides is 2. The molecule has 2 aliphatic heterocycles. The minimum atomic E-state index is -4.32. The van der Waals surface area contributed by atoms with Gasteiger partial charge < -0.3 is 10.2 Å². The second kappa shape index (κ2) is 10.2. The third kappa shape index (κ3) is 6.08. The Kier molecular flexibility index (Phi) is 7.57. The van der Waals surface area contributed by atoms with Gasteiger partial charge in [0.15, 0.2) is 11.7 Å². The first-order valence-corrected chi connectivity index (χ1v) is 15.7. The van der Waals surface area contributed by atoms with Gasteiger partial charge in [0.2, 0.25) is 15.9 Å². The number of benzene rings is 1. The summed E-state index contributed by atoms with van der Waals surface area (Å²) < 4.78 is 68.5. The number of amidine groups is 1. The average Bonchev–Trinajstić information content (AvgIpc) is 3.19. The van der Waals surface area contributed by atoms with Gasteiger partial charge in [-0.25, -0.2) is 17.5 Å². The second-order valence-corrected chi connectivity index (χ2v) is 13.8. The van der Waals surface area contributed by atoms with Crippen LogP contribution in [0.3, 0.4) is 0 Å². The Hall–Kier alpha value is -2.68. The van der Waals surface area contributed by atoms with Gasteiger partial charge in [0.1, 0.15) is 21.5 Å². The summed E-state index contributed by atoms with van der Waals surface area (Å²) in [5.74, 6) is -2.95. The lowest BCUT2D eigenvalue weighted by molar-refractivity contribution is -0.147. The first-order valence-electron chi connectivity index (χ1n) is 11.5. The Morgan fingerprint density at radius 1 is 1.24 bits per heavy atom. The summed E-state index contributed by atoms with van der Waals surface area (Å²) in [6.45, 7) is 3.84. The quantitative estimate of drug-likeness (QED) is 0.465. The van der Waals surface area contributed by atoms with Crippen molar-refractivity contribution in [2.45, 2.75) is 50.7 Å². The third-order valence-corrected chi connectivity index (χ3v) is 9.23. The molecule has 3 heterocycles. The number of Topliss-reactive ketones (excluding diaryl/α,β-unsaturated/α-hetero) is 1. The molecule has 0 radical (unpaired) electrons. The van der Waals surface area contributed by atoms with E-state index in [2.05, 4.69) is 14.4 Å². The van der Waals surface area contributed by atoms with Crippen molar-refractivity contribution < 1.29 is 30.8 Å². The molecular weight excluding hydrogens is 543 g/mol. The van der Waals surface area contributed by atoms with E-state index in [0.29, 0.717) is 12.0 Å². The van der Waals surface area contributed by atoms with Crippen LogP contribution in [0.1, 0.15) is 37.8 Å². The number of piperidine rings is 1. The summed E-state index contributed by atoms with van der Waals surface area (Å²) in [5.41, 5.74) is 0.878. The molecule has 2 aliphatic rings. The zero-order valence-electron chi connectivity index (χ0n) is 20.4. The van der Waals surface area contributed by atoms with E-state index in [4.69, 9.17) is 0 Å². The molecule has 0 saturated carbocycles. The predicted molar refractivity (Wildman–Crippen MR) is 138 cm³/mol. The number of halogens is 1. The number of thiophene rings is 1. The van der Waals surface area contributed by atoms with E-state index in [-0.39, 0.29) is 46.7 Å². The molecule has 0 bridgehead atoms. The molecule has 2 N–H and O–H groups in total. The summed E-state index contributed by atoms with van der Waals surface area (Å²) in [5, 5.41) is 4.48. The van der Waals surface area contributed by atoms with Crippen LogP contribution >= 0.6 is 11.3 Å². The Labute approximate surface area is 219 Å². The number of carbonyl (C=O) groups excluding carboxylic acids is 2. The van der Waals surface area contributed by atoms with Crippen molar-refractivity contribution in [3.05, 3.63) is 46.6 Å². The number of ketones is 1. The summed E-state index contributed by atoms with van der Waals surface area (Å²) in [6.07, 6.45) is 1.55. The molecular formula is C23H27FN4O6S3. The number of amides is 1. The van der Waals surface area contributed by atoms with Gasteiger partial charge in [0, 0.05) is 31.1 Å². The predicted octanol–water partition coefficient (Wildman–Crippen LogP) is 2.48. The van der Waals surface area contributed by atoms with Crippen LogP contribution in [0.25, 0.3) is 0 Å². The van der Waals surface area contributed by atoms with Gasteiger partial charge in [-0.15, -0.1) is 15.7 Å². The van der Waals surface area contributed by atoms with Crippen LogP contribution in [-0.2, 0) is 42.7 Å². The summed E-state index contributed by atoms with van der Waals surface area (Å²) in [7, 11) is -7.89. The molecule has 200 valence electrons. The van der Waals surface area contributed by atoms with Crippen molar-refractivity contribution in [1.82, 2.24) is 9.62 Å². The molecule has 37 heavy (non-hydrogen) atoms. The molecule has 4 rings (SSSR count). The van der Waals surface area contributed by atoms with Crippen LogP contribution in [0.15, 0.2) is 38.9 Å². The van der Waals surface area contributed by atoms with Crippen molar-refractivity contribution >= 4 is 53.9 Å². The lowest BCUT2D eigenvalue weighted by Crippen LogP contribution is -2.55. The fourth-order valence-electron chi connectivity index (χ4n) is 4.48. The van der Waals surface area contributed by atoms with Crippen molar-refractivity contribution in [1.29, 1.82) is 0 Å². The molecule has 1 amide bonds. The lowest BCUT2D eigenvalue weighted by atomic mass is 9.85.